The van der Waals surface area contributed by atoms with Gasteiger partial charge in [0.05, 0.1) is 0 Å². The molecule has 2 rings (SSSR count). The monoisotopic (exact) mass is 249 g/mol. The van der Waals surface area contributed by atoms with Crippen LogP contribution in [-0.2, 0) is 0 Å². The lowest BCUT2D eigenvalue weighted by Gasteiger charge is -2.25. The Labute approximate surface area is 111 Å². The number of nitrogens with zero attached hydrogens (tertiary/aromatic N) is 2. The Morgan fingerprint density at radius 3 is 2.67 bits per heavy atom. The van der Waals surface area contributed by atoms with Crippen LogP contribution in [0.25, 0.3) is 0 Å². The topological polar surface area (TPSA) is 29.9 Å². The lowest BCUT2D eigenvalue weighted by molar-refractivity contribution is 0.354. The number of imidazole rings is 1. The zero-order valence-corrected chi connectivity index (χ0v) is 12.1. The largest absolute Gasteiger partial charge is 0.356 e. The van der Waals surface area contributed by atoms with E-state index in [9.17, 15) is 0 Å². The van der Waals surface area contributed by atoms with E-state index in [2.05, 4.69) is 41.8 Å². The van der Waals surface area contributed by atoms with E-state index in [1.165, 1.54) is 38.5 Å². The Kier molecular flexibility index (Phi) is 4.31. The van der Waals surface area contributed by atoms with Crippen LogP contribution in [0.5, 0.6) is 0 Å². The number of hydrogen-bond donors (Lipinski definition) is 1. The van der Waals surface area contributed by atoms with Gasteiger partial charge in [-0.15, -0.1) is 0 Å². The predicted octanol–water partition coefficient (Wildman–Crippen LogP) is 4.24. The normalized spacial score (nSPS) is 17.9. The molecule has 3 nitrogen and oxygen atoms in total. The van der Waals surface area contributed by atoms with Crippen molar-refractivity contribution in [1.29, 1.82) is 0 Å². The molecule has 0 atom stereocenters. The van der Waals surface area contributed by atoms with Crippen LogP contribution in [-0.4, -0.2) is 16.1 Å². The molecule has 0 amide bonds. The van der Waals surface area contributed by atoms with E-state index in [-0.39, 0.29) is 0 Å². The van der Waals surface area contributed by atoms with E-state index in [1.807, 2.05) is 6.20 Å². The molecule has 1 fully saturated rings. The molecule has 1 aromatic heterocycles. The summed E-state index contributed by atoms with van der Waals surface area (Å²) in [5, 5.41) is 3.50. The van der Waals surface area contributed by atoms with Gasteiger partial charge < -0.3 is 9.88 Å². The minimum Gasteiger partial charge on any atom is -0.356 e. The molecule has 3 heteroatoms. The summed E-state index contributed by atoms with van der Waals surface area (Å²) in [5.41, 5.74) is 0.384. The molecule has 1 saturated carbocycles. The van der Waals surface area contributed by atoms with E-state index in [0.717, 1.165) is 12.5 Å². The molecule has 1 heterocycles. The zero-order chi connectivity index (χ0) is 13.0. The first-order chi connectivity index (χ1) is 8.56. The van der Waals surface area contributed by atoms with Crippen LogP contribution in [0.2, 0.25) is 0 Å². The molecule has 0 spiro atoms. The second-order valence-electron chi connectivity index (χ2n) is 6.69. The summed E-state index contributed by atoms with van der Waals surface area (Å²) in [7, 11) is 0. The van der Waals surface area contributed by atoms with Gasteiger partial charge in [-0.1, -0.05) is 40.0 Å². The van der Waals surface area contributed by atoms with Crippen molar-refractivity contribution in [3.8, 4) is 0 Å². The van der Waals surface area contributed by atoms with Crippen LogP contribution >= 0.6 is 0 Å². The van der Waals surface area contributed by atoms with Gasteiger partial charge in [-0.05, 0) is 24.7 Å². The maximum atomic E-state index is 4.46. The highest BCUT2D eigenvalue weighted by atomic mass is 15.2. The van der Waals surface area contributed by atoms with E-state index in [4.69, 9.17) is 0 Å². The quantitative estimate of drug-likeness (QED) is 0.865. The fourth-order valence-electron chi connectivity index (χ4n) is 2.65. The number of rotatable bonds is 4. The van der Waals surface area contributed by atoms with E-state index in [1.54, 1.807) is 0 Å². The van der Waals surface area contributed by atoms with Crippen LogP contribution in [0.3, 0.4) is 0 Å². The van der Waals surface area contributed by atoms with Crippen LogP contribution in [0.15, 0.2) is 12.4 Å². The van der Waals surface area contributed by atoms with Crippen molar-refractivity contribution in [2.75, 3.05) is 11.9 Å². The Morgan fingerprint density at radius 1 is 1.28 bits per heavy atom. The third-order valence-corrected chi connectivity index (χ3v) is 3.79. The summed E-state index contributed by atoms with van der Waals surface area (Å²) in [6, 6.07) is 0.665. The Hall–Kier alpha value is -0.990. The molecule has 0 bridgehead atoms. The molecule has 1 aliphatic rings. The first-order valence-electron chi connectivity index (χ1n) is 7.33. The molecule has 0 aromatic carbocycles. The first-order valence-corrected chi connectivity index (χ1v) is 7.33. The smallest absolute Gasteiger partial charge is 0.203 e. The number of nitrogens with one attached hydrogen (secondary N) is 1. The molecule has 0 saturated heterocycles. The van der Waals surface area contributed by atoms with Crippen LogP contribution in [0.1, 0.15) is 65.3 Å². The van der Waals surface area contributed by atoms with Crippen LogP contribution in [0, 0.1) is 5.41 Å². The molecule has 0 radical (unpaired) electrons. The van der Waals surface area contributed by atoms with Crippen molar-refractivity contribution < 1.29 is 0 Å². The van der Waals surface area contributed by atoms with Crippen LogP contribution in [0.4, 0.5) is 5.95 Å². The average molecular weight is 249 g/mol. The van der Waals surface area contributed by atoms with Gasteiger partial charge in [0.2, 0.25) is 5.95 Å². The van der Waals surface area contributed by atoms with Gasteiger partial charge in [-0.25, -0.2) is 4.98 Å². The highest BCUT2D eigenvalue weighted by molar-refractivity contribution is 5.26. The Bertz CT molecular complexity index is 356. The zero-order valence-electron chi connectivity index (χ0n) is 12.1. The molecular formula is C15H27N3. The Balaban J connectivity index is 1.91. The molecule has 0 aliphatic heterocycles. The number of anilines is 1. The number of hydrogen-bond acceptors (Lipinski definition) is 2. The van der Waals surface area contributed by atoms with Gasteiger partial charge in [0, 0.05) is 25.0 Å². The lowest BCUT2D eigenvalue weighted by Crippen LogP contribution is -2.18. The van der Waals surface area contributed by atoms with Gasteiger partial charge in [-0.2, -0.15) is 0 Å². The van der Waals surface area contributed by atoms with Crippen LogP contribution < -0.4 is 5.32 Å². The second-order valence-corrected chi connectivity index (χ2v) is 6.69. The maximum Gasteiger partial charge on any atom is 0.203 e. The summed E-state index contributed by atoms with van der Waals surface area (Å²) < 4.78 is 2.35. The van der Waals surface area contributed by atoms with Crippen molar-refractivity contribution in [3.63, 3.8) is 0 Å². The minimum atomic E-state index is 0.384. The molecule has 102 valence electrons. The highest BCUT2D eigenvalue weighted by Crippen LogP contribution is 2.30. The lowest BCUT2D eigenvalue weighted by atomic mass is 9.92. The Morgan fingerprint density at radius 2 is 2.00 bits per heavy atom. The van der Waals surface area contributed by atoms with Gasteiger partial charge in [0.15, 0.2) is 0 Å². The average Bonchev–Trinajstić information content (AvgIpc) is 2.77. The minimum absolute atomic E-state index is 0.384. The van der Waals surface area contributed by atoms with Crippen molar-refractivity contribution in [2.45, 2.75) is 65.3 Å². The summed E-state index contributed by atoms with van der Waals surface area (Å²) in [6.45, 7) is 7.85. The first kappa shape index (κ1) is 13.4. The maximum absolute atomic E-state index is 4.46. The van der Waals surface area contributed by atoms with Crippen molar-refractivity contribution in [2.24, 2.45) is 5.41 Å². The molecule has 1 aromatic rings. The summed E-state index contributed by atoms with van der Waals surface area (Å²) in [4.78, 5) is 4.46. The van der Waals surface area contributed by atoms with Crippen molar-refractivity contribution in [1.82, 2.24) is 9.55 Å². The SMILES string of the molecule is CC(C)(C)CCNc1nccn1C1CCCCC1. The summed E-state index contributed by atoms with van der Waals surface area (Å²) in [6.07, 6.45) is 12.0. The number of aromatic nitrogens is 2. The van der Waals surface area contributed by atoms with Gasteiger partial charge >= 0.3 is 0 Å². The van der Waals surface area contributed by atoms with E-state index < -0.39 is 0 Å². The standard InChI is InChI=1S/C15H27N3/c1-15(2,3)9-10-16-14-17-11-12-18(14)13-7-5-4-6-8-13/h11-13H,4-10H2,1-3H3,(H,16,17). The highest BCUT2D eigenvalue weighted by Gasteiger charge is 2.18. The van der Waals surface area contributed by atoms with Crippen molar-refractivity contribution in [3.05, 3.63) is 12.4 Å². The van der Waals surface area contributed by atoms with Gasteiger partial charge in [0.1, 0.15) is 0 Å². The van der Waals surface area contributed by atoms with Gasteiger partial charge in [-0.3, -0.25) is 0 Å². The summed E-state index contributed by atoms with van der Waals surface area (Å²) in [5.74, 6) is 1.06. The second kappa shape index (κ2) is 5.77. The summed E-state index contributed by atoms with van der Waals surface area (Å²) >= 11 is 0. The molecule has 18 heavy (non-hydrogen) atoms. The molecule has 1 N–H and O–H groups in total. The van der Waals surface area contributed by atoms with E-state index >= 15 is 0 Å². The third-order valence-electron chi connectivity index (χ3n) is 3.79. The fraction of sp³-hybridized carbons (Fsp3) is 0.800. The molecule has 0 unspecified atom stereocenters. The third kappa shape index (κ3) is 3.76. The van der Waals surface area contributed by atoms with Crippen molar-refractivity contribution >= 4 is 5.95 Å². The van der Waals surface area contributed by atoms with Gasteiger partial charge in [0.25, 0.3) is 0 Å². The predicted molar refractivity (Wildman–Crippen MR) is 76.9 cm³/mol. The fourth-order valence-corrected chi connectivity index (χ4v) is 2.65. The van der Waals surface area contributed by atoms with E-state index in [0.29, 0.717) is 11.5 Å². The molecular weight excluding hydrogens is 222 g/mol. The molecule has 1 aliphatic carbocycles.